The van der Waals surface area contributed by atoms with Gasteiger partial charge in [0.25, 0.3) is 0 Å². The Morgan fingerprint density at radius 3 is 2.57 bits per heavy atom. The van der Waals surface area contributed by atoms with Crippen molar-refractivity contribution in [3.63, 3.8) is 0 Å². The minimum Gasteiger partial charge on any atom is -0.478 e. The van der Waals surface area contributed by atoms with Crippen LogP contribution in [0.3, 0.4) is 0 Å². The lowest BCUT2D eigenvalue weighted by atomic mass is 10.1. The lowest BCUT2D eigenvalue weighted by molar-refractivity contribution is 0.0692. The summed E-state index contributed by atoms with van der Waals surface area (Å²) in [5.41, 5.74) is 6.94. The summed E-state index contributed by atoms with van der Waals surface area (Å²) in [6.45, 7) is 0.539. The van der Waals surface area contributed by atoms with Gasteiger partial charge in [0.2, 0.25) is 0 Å². The molecule has 4 nitrogen and oxygen atoms in total. The number of nitrogens with two attached hydrogens (primary N) is 1. The molecule has 6 heteroatoms. The van der Waals surface area contributed by atoms with Gasteiger partial charge >= 0.3 is 5.97 Å². The summed E-state index contributed by atoms with van der Waals surface area (Å²) < 4.78 is 13.6. The van der Waals surface area contributed by atoms with E-state index in [1.165, 1.54) is 0 Å². The lowest BCUT2D eigenvalue weighted by Crippen LogP contribution is -2.09. The number of benzene rings is 2. The summed E-state index contributed by atoms with van der Waals surface area (Å²) in [5, 5.41) is 12.5. The molecule has 0 spiro atoms. The number of anilines is 2. The Bertz CT molecular complexity index is 659. The van der Waals surface area contributed by atoms with Gasteiger partial charge in [-0.1, -0.05) is 23.7 Å². The number of carboxylic acids is 1. The average molecular weight is 309 g/mol. The summed E-state index contributed by atoms with van der Waals surface area (Å²) in [7, 11) is 0. The van der Waals surface area contributed by atoms with Gasteiger partial charge in [-0.2, -0.15) is 0 Å². The first-order valence-corrected chi connectivity index (χ1v) is 6.66. The lowest BCUT2D eigenvalue weighted by Gasteiger charge is -2.11. The Balaban J connectivity index is 2.02. The number of rotatable bonds is 5. The molecule has 0 amide bonds. The fourth-order valence-electron chi connectivity index (χ4n) is 1.90. The zero-order valence-corrected chi connectivity index (χ0v) is 11.8. The third-order valence-electron chi connectivity index (χ3n) is 3.01. The minimum atomic E-state index is -1.34. The van der Waals surface area contributed by atoms with Crippen LogP contribution in [0.2, 0.25) is 5.02 Å². The van der Waals surface area contributed by atoms with Crippen molar-refractivity contribution in [3.8, 4) is 0 Å². The van der Waals surface area contributed by atoms with E-state index in [4.69, 9.17) is 22.4 Å². The van der Waals surface area contributed by atoms with Crippen LogP contribution in [0.15, 0.2) is 36.4 Å². The smallest absolute Gasteiger partial charge is 0.338 e. The van der Waals surface area contributed by atoms with Crippen molar-refractivity contribution in [1.82, 2.24) is 0 Å². The molecule has 0 heterocycles. The van der Waals surface area contributed by atoms with Gasteiger partial charge in [0, 0.05) is 11.6 Å². The maximum atomic E-state index is 13.6. The molecule has 2 rings (SSSR count). The van der Waals surface area contributed by atoms with Gasteiger partial charge in [0.05, 0.1) is 16.9 Å². The van der Waals surface area contributed by atoms with E-state index in [-0.39, 0.29) is 5.69 Å². The van der Waals surface area contributed by atoms with Crippen LogP contribution in [-0.4, -0.2) is 17.6 Å². The number of nitrogens with one attached hydrogen (secondary N) is 1. The van der Waals surface area contributed by atoms with Crippen molar-refractivity contribution in [2.24, 2.45) is 0 Å². The zero-order chi connectivity index (χ0) is 15.4. The van der Waals surface area contributed by atoms with Crippen LogP contribution in [-0.2, 0) is 6.42 Å². The highest BCUT2D eigenvalue weighted by atomic mass is 35.5. The Hall–Kier alpha value is -2.27. The third kappa shape index (κ3) is 3.86. The van der Waals surface area contributed by atoms with E-state index in [1.54, 1.807) is 12.1 Å². The number of carboxylic acid groups (broad SMARTS) is 1. The van der Waals surface area contributed by atoms with Crippen LogP contribution in [0.4, 0.5) is 15.8 Å². The molecule has 0 radical (unpaired) electrons. The second-order valence-corrected chi connectivity index (χ2v) is 4.96. The summed E-state index contributed by atoms with van der Waals surface area (Å²) in [5.74, 6) is -2.15. The minimum absolute atomic E-state index is 0.199. The molecule has 0 fully saturated rings. The molecule has 0 bridgehead atoms. The number of aromatic carboxylic acids is 1. The van der Waals surface area contributed by atoms with Crippen molar-refractivity contribution in [1.29, 1.82) is 0 Å². The van der Waals surface area contributed by atoms with E-state index in [2.05, 4.69) is 5.32 Å². The number of nitrogen functional groups attached to an aromatic ring is 1. The van der Waals surface area contributed by atoms with Crippen molar-refractivity contribution in [3.05, 3.63) is 58.4 Å². The first-order valence-electron chi connectivity index (χ1n) is 6.28. The first-order chi connectivity index (χ1) is 9.97. The number of hydrogen-bond acceptors (Lipinski definition) is 3. The molecule has 0 saturated carbocycles. The van der Waals surface area contributed by atoms with Crippen molar-refractivity contribution in [2.75, 3.05) is 17.6 Å². The SMILES string of the molecule is Nc1cc(C(=O)O)c(F)cc1NCCc1ccc(Cl)cc1. The molecule has 21 heavy (non-hydrogen) atoms. The summed E-state index contributed by atoms with van der Waals surface area (Å²) >= 11 is 5.80. The predicted molar refractivity (Wildman–Crippen MR) is 81.4 cm³/mol. The Morgan fingerprint density at radius 1 is 1.29 bits per heavy atom. The van der Waals surface area contributed by atoms with Crippen molar-refractivity contribution in [2.45, 2.75) is 6.42 Å². The standard InChI is InChI=1S/C15H14ClFN2O2/c16-10-3-1-9(2-4-10)5-6-19-14-8-12(17)11(15(20)21)7-13(14)18/h1-4,7-8,19H,5-6,18H2,(H,20,21). The van der Waals surface area contributed by atoms with Gasteiger partial charge in [-0.25, -0.2) is 9.18 Å². The normalized spacial score (nSPS) is 10.4. The highest BCUT2D eigenvalue weighted by Crippen LogP contribution is 2.23. The van der Waals surface area contributed by atoms with Crippen LogP contribution >= 0.6 is 11.6 Å². The third-order valence-corrected chi connectivity index (χ3v) is 3.26. The molecule has 0 aromatic heterocycles. The van der Waals surface area contributed by atoms with Gasteiger partial charge in [-0.15, -0.1) is 0 Å². The Morgan fingerprint density at radius 2 is 1.95 bits per heavy atom. The van der Waals surface area contributed by atoms with E-state index in [0.29, 0.717) is 23.7 Å². The van der Waals surface area contributed by atoms with E-state index in [9.17, 15) is 9.18 Å². The Kier molecular flexibility index (Phi) is 4.65. The quantitative estimate of drug-likeness (QED) is 0.740. The fourth-order valence-corrected chi connectivity index (χ4v) is 2.03. The van der Waals surface area contributed by atoms with Gasteiger partial charge < -0.3 is 16.2 Å². The molecular formula is C15H14ClFN2O2. The van der Waals surface area contributed by atoms with Crippen LogP contribution in [0.5, 0.6) is 0 Å². The molecule has 0 atom stereocenters. The molecule has 110 valence electrons. The van der Waals surface area contributed by atoms with Gasteiger partial charge in [0.15, 0.2) is 0 Å². The fraction of sp³-hybridized carbons (Fsp3) is 0.133. The molecular weight excluding hydrogens is 295 g/mol. The topological polar surface area (TPSA) is 75.4 Å². The van der Waals surface area contributed by atoms with E-state index in [1.807, 2.05) is 12.1 Å². The van der Waals surface area contributed by atoms with Crippen LogP contribution < -0.4 is 11.1 Å². The second kappa shape index (κ2) is 6.45. The number of hydrogen-bond donors (Lipinski definition) is 3. The highest BCUT2D eigenvalue weighted by molar-refractivity contribution is 6.30. The summed E-state index contributed by atoms with van der Waals surface area (Å²) in [6, 6.07) is 9.62. The Labute approximate surface area is 126 Å². The van der Waals surface area contributed by atoms with E-state index in [0.717, 1.165) is 17.7 Å². The predicted octanol–water partition coefficient (Wildman–Crippen LogP) is 3.41. The van der Waals surface area contributed by atoms with E-state index >= 15 is 0 Å². The zero-order valence-electron chi connectivity index (χ0n) is 11.1. The van der Waals surface area contributed by atoms with Gasteiger partial charge in [-0.3, -0.25) is 0 Å². The van der Waals surface area contributed by atoms with Gasteiger partial charge in [0.1, 0.15) is 5.82 Å². The van der Waals surface area contributed by atoms with Crippen LogP contribution in [0.1, 0.15) is 15.9 Å². The van der Waals surface area contributed by atoms with E-state index < -0.39 is 17.3 Å². The van der Waals surface area contributed by atoms with Crippen molar-refractivity contribution >= 4 is 28.9 Å². The van der Waals surface area contributed by atoms with Crippen LogP contribution in [0, 0.1) is 5.82 Å². The van der Waals surface area contributed by atoms with Crippen LogP contribution in [0.25, 0.3) is 0 Å². The highest BCUT2D eigenvalue weighted by Gasteiger charge is 2.13. The maximum absolute atomic E-state index is 13.6. The maximum Gasteiger partial charge on any atom is 0.338 e. The monoisotopic (exact) mass is 308 g/mol. The molecule has 2 aromatic carbocycles. The number of halogens is 2. The van der Waals surface area contributed by atoms with Gasteiger partial charge in [-0.05, 0) is 36.2 Å². The summed E-state index contributed by atoms with van der Waals surface area (Å²) in [6.07, 6.45) is 0.707. The van der Waals surface area contributed by atoms with Crippen molar-refractivity contribution < 1.29 is 14.3 Å². The first kappa shape index (κ1) is 15.1. The largest absolute Gasteiger partial charge is 0.478 e. The average Bonchev–Trinajstić information content (AvgIpc) is 2.44. The molecule has 0 unspecified atom stereocenters. The molecule has 0 aliphatic carbocycles. The molecule has 0 saturated heterocycles. The second-order valence-electron chi connectivity index (χ2n) is 4.53. The number of carbonyl (C=O) groups is 1. The molecule has 2 aromatic rings. The molecule has 0 aliphatic rings. The summed E-state index contributed by atoms with van der Waals surface area (Å²) in [4.78, 5) is 10.8. The molecule has 4 N–H and O–H groups in total. The molecule has 0 aliphatic heterocycles.